The molecule has 0 fully saturated rings. The van der Waals surface area contributed by atoms with E-state index < -0.39 is 46.8 Å². The molecule has 3 aromatic rings. The molecule has 0 radical (unpaired) electrons. The van der Waals surface area contributed by atoms with Crippen LogP contribution in [0.25, 0.3) is 0 Å². The van der Waals surface area contributed by atoms with Crippen molar-refractivity contribution >= 4 is 48.4 Å². The number of hydrogen-bond acceptors (Lipinski definition) is 13. The third-order valence-electron chi connectivity index (χ3n) is 4.06. The van der Waals surface area contributed by atoms with Crippen LogP contribution in [0.4, 0.5) is 5.13 Å². The van der Waals surface area contributed by atoms with Gasteiger partial charge >= 0.3 is 5.97 Å². The summed E-state index contributed by atoms with van der Waals surface area (Å²) < 4.78 is 52.9. The fourth-order valence-electron chi connectivity index (χ4n) is 2.42. The summed E-state index contributed by atoms with van der Waals surface area (Å²) in [6, 6.07) is 9.54. The number of carboxylic acid groups (broad SMARTS) is 1. The minimum Gasteiger partial charge on any atom is -0.478 e. The van der Waals surface area contributed by atoms with Gasteiger partial charge in [0.25, 0.3) is 30.3 Å². The minimum atomic E-state index is -4.51. The smallest absolute Gasteiger partial charge is 0.335 e. The molecule has 35 heavy (non-hydrogen) atoms. The van der Waals surface area contributed by atoms with E-state index >= 15 is 0 Å². The van der Waals surface area contributed by atoms with Crippen LogP contribution in [0.3, 0.4) is 0 Å². The average molecular weight is 546 g/mol. The van der Waals surface area contributed by atoms with Crippen LogP contribution in [0.1, 0.15) is 26.3 Å². The highest BCUT2D eigenvalue weighted by molar-refractivity contribution is 7.93. The first-order valence-electron chi connectivity index (χ1n) is 9.04. The van der Waals surface area contributed by atoms with Crippen LogP contribution in [-0.2, 0) is 31.5 Å². The Balaban J connectivity index is 1.68. The molecule has 5 N–H and O–H groups in total. The van der Waals surface area contributed by atoms with E-state index in [1.54, 1.807) is 4.72 Å². The lowest BCUT2D eigenvalue weighted by molar-refractivity contribution is -0.497. The number of carbonyl (C=O) groups is 2. The predicted molar refractivity (Wildman–Crippen MR) is 115 cm³/mol. The van der Waals surface area contributed by atoms with Crippen molar-refractivity contribution in [1.29, 1.82) is 0 Å². The average Bonchev–Trinajstić information content (AvgIpc) is 3.26. The van der Waals surface area contributed by atoms with E-state index in [1.165, 1.54) is 24.3 Å². The normalized spacial score (nSPS) is 11.9. The van der Waals surface area contributed by atoms with Gasteiger partial charge in [0.05, 0.1) is 22.5 Å². The summed E-state index contributed by atoms with van der Waals surface area (Å²) in [5.41, 5.74) is 0.252. The number of aromatic carboxylic acids is 1. The molecular weight excluding hydrogens is 530 g/mol. The summed E-state index contributed by atoms with van der Waals surface area (Å²) in [6.07, 6.45) is 0. The number of carboxylic acids is 1. The molecule has 0 spiro atoms. The summed E-state index contributed by atoms with van der Waals surface area (Å²) in [7, 11) is -8.74. The molecule has 0 unspecified atom stereocenters. The van der Waals surface area contributed by atoms with Crippen molar-refractivity contribution in [2.75, 3.05) is 4.72 Å². The maximum absolute atomic E-state index is 12.5. The lowest BCUT2D eigenvalue weighted by Gasteiger charge is -2.07. The van der Waals surface area contributed by atoms with Gasteiger partial charge in [-0.2, -0.15) is 8.42 Å². The lowest BCUT2D eigenvalue weighted by atomic mass is 10.1. The fourth-order valence-corrected chi connectivity index (χ4v) is 5.53. The zero-order valence-corrected chi connectivity index (χ0v) is 19.5. The zero-order chi connectivity index (χ0) is 25.8. The van der Waals surface area contributed by atoms with Gasteiger partial charge < -0.3 is 5.11 Å². The van der Waals surface area contributed by atoms with Crippen LogP contribution in [0.2, 0.25) is 0 Å². The van der Waals surface area contributed by atoms with Gasteiger partial charge in [-0.25, -0.2) is 22.8 Å². The Morgan fingerprint density at radius 2 is 1.51 bits per heavy atom. The number of amides is 1. The molecule has 0 saturated heterocycles. The van der Waals surface area contributed by atoms with Crippen LogP contribution in [0, 0.1) is 0 Å². The lowest BCUT2D eigenvalue weighted by Crippen LogP contribution is -2.30. The Morgan fingerprint density at radius 3 is 2.09 bits per heavy atom. The quantitative estimate of drug-likeness (QED) is 0.221. The number of nitrogens with zero attached hydrogens (tertiary/aromatic N) is 3. The second-order valence-corrected chi connectivity index (χ2v) is 11.0. The fraction of sp³-hybridized carbons (Fsp3) is 0.0588. The highest BCUT2D eigenvalue weighted by Gasteiger charge is 2.25. The van der Waals surface area contributed by atoms with E-state index in [9.17, 15) is 26.4 Å². The largest absolute Gasteiger partial charge is 0.478 e. The molecule has 1 amide bonds. The van der Waals surface area contributed by atoms with E-state index in [0.717, 1.165) is 24.3 Å². The van der Waals surface area contributed by atoms with E-state index in [1.807, 2.05) is 4.72 Å². The molecule has 186 valence electrons. The van der Waals surface area contributed by atoms with Crippen LogP contribution < -0.4 is 9.44 Å². The summed E-state index contributed by atoms with van der Waals surface area (Å²) in [4.78, 5) is 27.3. The number of benzene rings is 2. The number of hydrogen-bond donors (Lipinski definition) is 5. The van der Waals surface area contributed by atoms with E-state index in [2.05, 4.69) is 15.0 Å². The third-order valence-corrected chi connectivity index (χ3v) is 8.08. The van der Waals surface area contributed by atoms with Crippen molar-refractivity contribution < 1.29 is 46.8 Å². The predicted octanol–water partition coefficient (Wildman–Crippen LogP) is 0.668. The van der Waals surface area contributed by atoms with Crippen molar-refractivity contribution in [3.63, 3.8) is 0 Å². The van der Waals surface area contributed by atoms with Crippen LogP contribution >= 0.6 is 11.3 Å². The highest BCUT2D eigenvalue weighted by atomic mass is 32.2. The molecule has 0 aliphatic heterocycles. The first-order chi connectivity index (χ1) is 16.4. The molecule has 0 aliphatic rings. The maximum Gasteiger partial charge on any atom is 0.335 e. The molecule has 0 aliphatic carbocycles. The molecule has 0 bridgehead atoms. The Bertz CT molecular complexity index is 1440. The van der Waals surface area contributed by atoms with Gasteiger partial charge in [-0.15, -0.1) is 10.2 Å². The topological polar surface area (TPSA) is 225 Å². The molecule has 1 heterocycles. The summed E-state index contributed by atoms with van der Waals surface area (Å²) >= 11 is 0.340. The number of aromatic nitrogens is 2. The Labute approximate surface area is 201 Å². The summed E-state index contributed by atoms with van der Waals surface area (Å²) in [5.74, 6) is -2.26. The molecule has 1 aromatic heterocycles. The van der Waals surface area contributed by atoms with Gasteiger partial charge in [0.15, 0.2) is 0 Å². The van der Waals surface area contributed by atoms with Crippen LogP contribution in [0.5, 0.6) is 0 Å². The number of rotatable bonds is 10. The number of nitrogens with one attached hydrogen (secondary N) is 2. The van der Waals surface area contributed by atoms with Gasteiger partial charge in [-0.1, -0.05) is 23.5 Å². The number of carbonyl (C=O) groups excluding carboxylic acids is 1. The Kier molecular flexibility index (Phi) is 7.75. The summed E-state index contributed by atoms with van der Waals surface area (Å²) in [5, 5.41) is 31.9. The number of anilines is 1. The standard InChI is InChI=1S/C17H15N5O10S3/c23-14(11-3-1-10(2-4-11)9-32-22(26)27)20-35(30,31)17-19-18-16(33-17)21-34(28,29)13-7-5-12(6-8-13)15(24)25/h1-8,26-27H,9H2,(H,18,21)(H,20,23)(H,24,25). The summed E-state index contributed by atoms with van der Waals surface area (Å²) in [6.45, 7) is -0.236. The first-order valence-corrected chi connectivity index (χ1v) is 12.8. The first kappa shape index (κ1) is 26.1. The van der Waals surface area contributed by atoms with E-state index in [4.69, 9.17) is 15.5 Å². The van der Waals surface area contributed by atoms with E-state index in [0.29, 0.717) is 16.9 Å². The van der Waals surface area contributed by atoms with Gasteiger partial charge in [-0.3, -0.25) is 19.9 Å². The molecule has 2 aromatic carbocycles. The van der Waals surface area contributed by atoms with Crippen molar-refractivity contribution in [2.45, 2.75) is 15.8 Å². The second kappa shape index (κ2) is 10.4. The SMILES string of the molecule is O=C(O)c1ccc(S(=O)(=O)Nc2nnc(S(=O)(=O)NC(=O)c3ccc(CON(O)O)cc3)s2)cc1. The molecule has 15 nitrogen and oxygen atoms in total. The van der Waals surface area contributed by atoms with E-state index in [-0.39, 0.29) is 22.6 Å². The van der Waals surface area contributed by atoms with Crippen molar-refractivity contribution in [1.82, 2.24) is 20.3 Å². The zero-order valence-electron chi connectivity index (χ0n) is 17.1. The third kappa shape index (κ3) is 6.76. The minimum absolute atomic E-state index is 0.0579. The maximum atomic E-state index is 12.5. The highest BCUT2D eigenvalue weighted by Crippen LogP contribution is 2.23. The van der Waals surface area contributed by atoms with Gasteiger partial charge in [0, 0.05) is 5.56 Å². The Morgan fingerprint density at radius 1 is 0.914 bits per heavy atom. The molecule has 0 atom stereocenters. The monoisotopic (exact) mass is 545 g/mol. The van der Waals surface area contributed by atoms with Gasteiger partial charge in [0.1, 0.15) is 0 Å². The second-order valence-electron chi connectivity index (χ2n) is 6.47. The van der Waals surface area contributed by atoms with Crippen LogP contribution in [0.15, 0.2) is 57.8 Å². The van der Waals surface area contributed by atoms with Gasteiger partial charge in [0.2, 0.25) is 5.13 Å². The Hall–Kier alpha value is -3.52. The van der Waals surface area contributed by atoms with Crippen molar-refractivity contribution in [3.05, 3.63) is 65.2 Å². The molecular formula is C17H15N5O10S3. The van der Waals surface area contributed by atoms with Crippen LogP contribution in [-0.4, -0.2) is 59.8 Å². The molecule has 3 rings (SSSR count). The molecule has 18 heteroatoms. The molecule has 0 saturated carbocycles. The van der Waals surface area contributed by atoms with Crippen molar-refractivity contribution in [2.24, 2.45) is 0 Å². The number of sulfonamides is 2. The van der Waals surface area contributed by atoms with Gasteiger partial charge in [-0.05, 0) is 42.0 Å². The van der Waals surface area contributed by atoms with Crippen molar-refractivity contribution in [3.8, 4) is 0 Å².